The Morgan fingerprint density at radius 3 is 1.53 bits per heavy atom. The zero-order chi connectivity index (χ0) is 23.1. The molecule has 162 valence electrons. The standard InChI is InChI=1S/C25H22N2O5/c1-16(28)18-3-9-21(10-4-18)26-24(30)15-32-23-13-7-20(8-14-23)25(31)27-22-11-5-19(6-12-22)17(2)29/h3-14H,15H2,1-2H3,(H,26,30)(H,27,31). The van der Waals surface area contributed by atoms with Crippen molar-refractivity contribution in [2.24, 2.45) is 0 Å². The third kappa shape index (κ3) is 6.12. The molecule has 0 radical (unpaired) electrons. The molecular formula is C25H22N2O5. The molecule has 0 saturated carbocycles. The minimum atomic E-state index is -0.351. The molecule has 0 aliphatic carbocycles. The molecule has 0 spiro atoms. The molecule has 2 N–H and O–H groups in total. The molecule has 0 heterocycles. The maximum absolute atomic E-state index is 12.4. The topological polar surface area (TPSA) is 102 Å². The van der Waals surface area contributed by atoms with Crippen LogP contribution in [0.15, 0.2) is 72.8 Å². The van der Waals surface area contributed by atoms with Crippen molar-refractivity contribution < 1.29 is 23.9 Å². The lowest BCUT2D eigenvalue weighted by Gasteiger charge is -2.09. The molecule has 0 saturated heterocycles. The predicted molar refractivity (Wildman–Crippen MR) is 121 cm³/mol. The molecule has 3 rings (SSSR count). The van der Waals surface area contributed by atoms with Crippen molar-refractivity contribution in [2.75, 3.05) is 17.2 Å². The minimum Gasteiger partial charge on any atom is -0.484 e. The molecule has 32 heavy (non-hydrogen) atoms. The van der Waals surface area contributed by atoms with Crippen LogP contribution in [0.3, 0.4) is 0 Å². The third-order valence-corrected chi connectivity index (χ3v) is 4.61. The highest BCUT2D eigenvalue weighted by atomic mass is 16.5. The Balaban J connectivity index is 1.50. The zero-order valence-corrected chi connectivity index (χ0v) is 17.7. The van der Waals surface area contributed by atoms with E-state index in [1.807, 2.05) is 0 Å². The van der Waals surface area contributed by atoms with Gasteiger partial charge in [-0.2, -0.15) is 0 Å². The van der Waals surface area contributed by atoms with Crippen LogP contribution in [0.25, 0.3) is 0 Å². The number of Topliss-reactive ketones (excluding diaryl/α,β-unsaturated/α-hetero) is 2. The third-order valence-electron chi connectivity index (χ3n) is 4.61. The van der Waals surface area contributed by atoms with Gasteiger partial charge in [0.25, 0.3) is 11.8 Å². The maximum atomic E-state index is 12.4. The number of nitrogens with one attached hydrogen (secondary N) is 2. The molecule has 7 heteroatoms. The Morgan fingerprint density at radius 1 is 0.625 bits per heavy atom. The van der Waals surface area contributed by atoms with Gasteiger partial charge in [-0.1, -0.05) is 0 Å². The van der Waals surface area contributed by atoms with E-state index in [9.17, 15) is 19.2 Å². The fourth-order valence-electron chi connectivity index (χ4n) is 2.83. The van der Waals surface area contributed by atoms with Gasteiger partial charge in [-0.05, 0) is 86.6 Å². The fraction of sp³-hybridized carbons (Fsp3) is 0.120. The first-order chi connectivity index (χ1) is 15.3. The number of anilines is 2. The molecule has 7 nitrogen and oxygen atoms in total. The van der Waals surface area contributed by atoms with Crippen molar-refractivity contribution in [3.8, 4) is 5.75 Å². The number of rotatable bonds is 8. The largest absolute Gasteiger partial charge is 0.484 e. The molecule has 0 unspecified atom stereocenters. The zero-order valence-electron chi connectivity index (χ0n) is 17.7. The van der Waals surface area contributed by atoms with Crippen molar-refractivity contribution in [2.45, 2.75) is 13.8 Å². The van der Waals surface area contributed by atoms with E-state index in [1.54, 1.807) is 72.8 Å². The second-order valence-electron chi connectivity index (χ2n) is 7.08. The maximum Gasteiger partial charge on any atom is 0.262 e. The number of benzene rings is 3. The van der Waals surface area contributed by atoms with E-state index in [-0.39, 0.29) is 30.0 Å². The van der Waals surface area contributed by atoms with E-state index in [4.69, 9.17) is 4.74 Å². The average Bonchev–Trinajstić information content (AvgIpc) is 2.78. The second kappa shape index (κ2) is 10.2. The monoisotopic (exact) mass is 430 g/mol. The van der Waals surface area contributed by atoms with Crippen molar-refractivity contribution in [3.05, 3.63) is 89.5 Å². The van der Waals surface area contributed by atoms with Crippen LogP contribution >= 0.6 is 0 Å². The SMILES string of the molecule is CC(=O)c1ccc(NC(=O)COc2ccc(C(=O)Nc3ccc(C(C)=O)cc3)cc2)cc1. The number of ketones is 2. The minimum absolute atomic E-state index is 0.0435. The van der Waals surface area contributed by atoms with Gasteiger partial charge in [-0.3, -0.25) is 19.2 Å². The van der Waals surface area contributed by atoms with E-state index < -0.39 is 0 Å². The van der Waals surface area contributed by atoms with Crippen LogP contribution in [0.4, 0.5) is 11.4 Å². The molecule has 3 aromatic carbocycles. The summed E-state index contributed by atoms with van der Waals surface area (Å²) in [5.74, 6) is -0.308. The van der Waals surface area contributed by atoms with Crippen molar-refractivity contribution in [1.82, 2.24) is 0 Å². The van der Waals surface area contributed by atoms with E-state index >= 15 is 0 Å². The van der Waals surface area contributed by atoms with E-state index in [1.165, 1.54) is 13.8 Å². The van der Waals surface area contributed by atoms with Gasteiger partial charge < -0.3 is 15.4 Å². The van der Waals surface area contributed by atoms with E-state index in [0.717, 1.165) is 0 Å². The first kappa shape index (κ1) is 22.4. The molecule has 0 bridgehead atoms. The average molecular weight is 430 g/mol. The fourth-order valence-corrected chi connectivity index (χ4v) is 2.83. The molecule has 3 aromatic rings. The normalized spacial score (nSPS) is 10.2. The van der Waals surface area contributed by atoms with Crippen LogP contribution in [-0.4, -0.2) is 30.0 Å². The van der Waals surface area contributed by atoms with Gasteiger partial charge in [0.1, 0.15) is 5.75 Å². The van der Waals surface area contributed by atoms with E-state index in [2.05, 4.69) is 10.6 Å². The highest BCUT2D eigenvalue weighted by molar-refractivity contribution is 6.04. The van der Waals surface area contributed by atoms with Gasteiger partial charge in [0, 0.05) is 28.1 Å². The van der Waals surface area contributed by atoms with Gasteiger partial charge in [0.2, 0.25) is 0 Å². The molecule has 0 aliphatic heterocycles. The van der Waals surface area contributed by atoms with Crippen molar-refractivity contribution in [1.29, 1.82) is 0 Å². The van der Waals surface area contributed by atoms with E-state index in [0.29, 0.717) is 33.8 Å². The number of amides is 2. The lowest BCUT2D eigenvalue weighted by atomic mass is 10.1. The summed E-state index contributed by atoms with van der Waals surface area (Å²) in [4.78, 5) is 47.0. The first-order valence-corrected chi connectivity index (χ1v) is 9.88. The van der Waals surface area contributed by atoms with Gasteiger partial charge in [-0.25, -0.2) is 0 Å². The Morgan fingerprint density at radius 2 is 1.06 bits per heavy atom. The number of ether oxygens (including phenoxy) is 1. The highest BCUT2D eigenvalue weighted by Gasteiger charge is 2.09. The second-order valence-corrected chi connectivity index (χ2v) is 7.08. The molecule has 0 atom stereocenters. The van der Waals surface area contributed by atoms with Gasteiger partial charge in [0.05, 0.1) is 0 Å². The molecular weight excluding hydrogens is 408 g/mol. The Bertz CT molecular complexity index is 1130. The Kier molecular flexibility index (Phi) is 7.13. The van der Waals surface area contributed by atoms with Gasteiger partial charge in [-0.15, -0.1) is 0 Å². The summed E-state index contributed by atoms with van der Waals surface area (Å²) in [7, 11) is 0. The summed E-state index contributed by atoms with van der Waals surface area (Å²) < 4.78 is 5.46. The summed E-state index contributed by atoms with van der Waals surface area (Å²) in [6, 6.07) is 19.6. The molecule has 2 amide bonds. The van der Waals surface area contributed by atoms with Crippen LogP contribution in [0.2, 0.25) is 0 Å². The number of carbonyl (C=O) groups excluding carboxylic acids is 4. The summed E-state index contributed by atoms with van der Waals surface area (Å²) in [5, 5.41) is 5.44. The van der Waals surface area contributed by atoms with Gasteiger partial charge >= 0.3 is 0 Å². The van der Waals surface area contributed by atoms with Crippen LogP contribution in [0.5, 0.6) is 5.75 Å². The van der Waals surface area contributed by atoms with Crippen LogP contribution in [0, 0.1) is 0 Å². The van der Waals surface area contributed by atoms with Crippen LogP contribution < -0.4 is 15.4 Å². The Hall–Kier alpha value is -4.26. The van der Waals surface area contributed by atoms with Crippen LogP contribution in [0.1, 0.15) is 44.9 Å². The number of carbonyl (C=O) groups is 4. The van der Waals surface area contributed by atoms with Gasteiger partial charge in [0.15, 0.2) is 18.2 Å². The smallest absolute Gasteiger partial charge is 0.262 e. The molecule has 0 fully saturated rings. The summed E-state index contributed by atoms with van der Waals surface area (Å²) in [6.07, 6.45) is 0. The molecule has 0 aromatic heterocycles. The summed E-state index contributed by atoms with van der Waals surface area (Å²) >= 11 is 0. The predicted octanol–water partition coefficient (Wildman–Crippen LogP) is 4.36. The Labute approximate surface area is 185 Å². The van der Waals surface area contributed by atoms with Crippen molar-refractivity contribution >= 4 is 34.8 Å². The lowest BCUT2D eigenvalue weighted by molar-refractivity contribution is -0.118. The number of hydrogen-bond acceptors (Lipinski definition) is 5. The highest BCUT2D eigenvalue weighted by Crippen LogP contribution is 2.16. The lowest BCUT2D eigenvalue weighted by Crippen LogP contribution is -2.20. The molecule has 0 aliphatic rings. The first-order valence-electron chi connectivity index (χ1n) is 9.88. The summed E-state index contributed by atoms with van der Waals surface area (Å²) in [5.41, 5.74) is 2.70. The number of hydrogen-bond donors (Lipinski definition) is 2. The van der Waals surface area contributed by atoms with Crippen LogP contribution in [-0.2, 0) is 4.79 Å². The quantitative estimate of drug-likeness (QED) is 0.517. The van der Waals surface area contributed by atoms with Crippen molar-refractivity contribution in [3.63, 3.8) is 0 Å². The summed E-state index contributed by atoms with van der Waals surface area (Å²) in [6.45, 7) is 2.75.